The predicted octanol–water partition coefficient (Wildman–Crippen LogP) is 3.47. The number of anilines is 1. The maximum absolute atomic E-state index is 10.7. The van der Waals surface area contributed by atoms with Crippen LogP contribution in [-0.4, -0.2) is 14.7 Å². The lowest BCUT2D eigenvalue weighted by Crippen LogP contribution is -2.00. The van der Waals surface area contributed by atoms with Gasteiger partial charge in [0.05, 0.1) is 21.8 Å². The lowest BCUT2D eigenvalue weighted by molar-refractivity contribution is -0.384. The van der Waals surface area contributed by atoms with E-state index in [1.54, 1.807) is 6.20 Å². The van der Waals surface area contributed by atoms with Crippen molar-refractivity contribution in [3.63, 3.8) is 0 Å². The van der Waals surface area contributed by atoms with Crippen LogP contribution in [0.15, 0.2) is 30.6 Å². The molecule has 0 unspecified atom stereocenters. The molecule has 1 aromatic heterocycles. The Balaban J connectivity index is 2.05. The van der Waals surface area contributed by atoms with Gasteiger partial charge in [0.2, 0.25) is 0 Å². The predicted molar refractivity (Wildman–Crippen MR) is 78.0 cm³/mol. The van der Waals surface area contributed by atoms with Gasteiger partial charge in [0.1, 0.15) is 0 Å². The van der Waals surface area contributed by atoms with Crippen LogP contribution in [0.25, 0.3) is 0 Å². The molecule has 0 aliphatic rings. The van der Waals surface area contributed by atoms with Crippen molar-refractivity contribution in [3.8, 4) is 0 Å². The lowest BCUT2D eigenvalue weighted by Gasteiger charge is -2.06. The molecule has 0 spiro atoms. The summed E-state index contributed by atoms with van der Waals surface area (Å²) >= 11 is 6.02. The summed E-state index contributed by atoms with van der Waals surface area (Å²) in [6.07, 6.45) is 4.74. The number of rotatable bonds is 6. The van der Waals surface area contributed by atoms with Gasteiger partial charge >= 0.3 is 0 Å². The molecule has 106 valence electrons. The highest BCUT2D eigenvalue weighted by atomic mass is 35.5. The van der Waals surface area contributed by atoms with Crippen LogP contribution in [0.1, 0.15) is 18.9 Å². The SMILES string of the molecule is CCCn1cc(CNc2cc([N+](=O)[O-])ccc2Cl)cn1. The first-order valence-corrected chi connectivity index (χ1v) is 6.67. The molecule has 0 aliphatic heterocycles. The third-order valence-electron chi connectivity index (χ3n) is 2.78. The first-order valence-electron chi connectivity index (χ1n) is 6.29. The minimum absolute atomic E-state index is 0.0126. The highest BCUT2D eigenvalue weighted by Gasteiger charge is 2.09. The van der Waals surface area contributed by atoms with E-state index in [0.717, 1.165) is 18.5 Å². The molecule has 7 heteroatoms. The summed E-state index contributed by atoms with van der Waals surface area (Å²) < 4.78 is 1.87. The second-order valence-corrected chi connectivity index (χ2v) is 4.79. The highest BCUT2D eigenvalue weighted by molar-refractivity contribution is 6.33. The van der Waals surface area contributed by atoms with E-state index in [-0.39, 0.29) is 5.69 Å². The molecule has 1 aromatic carbocycles. The minimum Gasteiger partial charge on any atom is -0.379 e. The van der Waals surface area contributed by atoms with Crippen molar-refractivity contribution in [2.45, 2.75) is 26.4 Å². The van der Waals surface area contributed by atoms with Crippen molar-refractivity contribution >= 4 is 23.0 Å². The number of non-ortho nitro benzene ring substituents is 1. The zero-order valence-corrected chi connectivity index (χ0v) is 11.8. The third kappa shape index (κ3) is 3.48. The van der Waals surface area contributed by atoms with Gasteiger partial charge in [-0.25, -0.2) is 0 Å². The molecule has 0 radical (unpaired) electrons. The van der Waals surface area contributed by atoms with E-state index in [1.807, 2.05) is 10.9 Å². The molecule has 0 atom stereocenters. The van der Waals surface area contributed by atoms with Crippen molar-refractivity contribution in [2.75, 3.05) is 5.32 Å². The molecule has 0 saturated heterocycles. The largest absolute Gasteiger partial charge is 0.379 e. The second kappa shape index (κ2) is 6.38. The van der Waals surface area contributed by atoms with Crippen LogP contribution in [0.5, 0.6) is 0 Å². The van der Waals surface area contributed by atoms with Crippen molar-refractivity contribution < 1.29 is 4.92 Å². The van der Waals surface area contributed by atoms with E-state index in [0.29, 0.717) is 17.3 Å². The lowest BCUT2D eigenvalue weighted by atomic mass is 10.2. The number of nitro groups is 1. The summed E-state index contributed by atoms with van der Waals surface area (Å²) in [6.45, 7) is 3.48. The van der Waals surface area contributed by atoms with Crippen molar-refractivity contribution in [1.29, 1.82) is 0 Å². The van der Waals surface area contributed by atoms with Gasteiger partial charge in [-0.3, -0.25) is 14.8 Å². The molecule has 0 bridgehead atoms. The van der Waals surface area contributed by atoms with Crippen LogP contribution >= 0.6 is 11.6 Å². The van der Waals surface area contributed by atoms with E-state index in [9.17, 15) is 10.1 Å². The first kappa shape index (κ1) is 14.3. The monoisotopic (exact) mass is 294 g/mol. The third-order valence-corrected chi connectivity index (χ3v) is 3.11. The van der Waals surface area contributed by atoms with Crippen molar-refractivity contribution in [3.05, 3.63) is 51.3 Å². The Bertz CT molecular complexity index is 612. The van der Waals surface area contributed by atoms with Crippen molar-refractivity contribution in [2.24, 2.45) is 0 Å². The second-order valence-electron chi connectivity index (χ2n) is 4.39. The van der Waals surface area contributed by atoms with Crippen LogP contribution < -0.4 is 5.32 Å². The fourth-order valence-electron chi connectivity index (χ4n) is 1.81. The van der Waals surface area contributed by atoms with Gasteiger partial charge in [-0.15, -0.1) is 0 Å². The summed E-state index contributed by atoms with van der Waals surface area (Å²) in [5.41, 5.74) is 1.56. The first-order chi connectivity index (χ1) is 9.60. The zero-order chi connectivity index (χ0) is 14.5. The fraction of sp³-hybridized carbons (Fsp3) is 0.308. The number of nitro benzene ring substituents is 1. The molecule has 2 aromatic rings. The number of nitrogens with zero attached hydrogens (tertiary/aromatic N) is 3. The van der Waals surface area contributed by atoms with Crippen LogP contribution in [0.3, 0.4) is 0 Å². The standard InChI is InChI=1S/C13H15ClN4O2/c1-2-5-17-9-10(8-16-17)7-15-13-6-11(18(19)20)3-4-12(13)14/h3-4,6,8-9,15H,2,5,7H2,1H3. The fourth-order valence-corrected chi connectivity index (χ4v) is 1.99. The number of aryl methyl sites for hydroxylation is 1. The van der Waals surface area contributed by atoms with Gasteiger partial charge in [-0.1, -0.05) is 18.5 Å². The van der Waals surface area contributed by atoms with Crippen LogP contribution in [0.2, 0.25) is 5.02 Å². The molecule has 0 saturated carbocycles. The van der Waals surface area contributed by atoms with E-state index in [4.69, 9.17) is 11.6 Å². The van der Waals surface area contributed by atoms with E-state index >= 15 is 0 Å². The van der Waals surface area contributed by atoms with Gasteiger partial charge < -0.3 is 5.32 Å². The van der Waals surface area contributed by atoms with E-state index in [2.05, 4.69) is 17.3 Å². The van der Waals surface area contributed by atoms with Crippen LogP contribution in [0, 0.1) is 10.1 Å². The highest BCUT2D eigenvalue weighted by Crippen LogP contribution is 2.27. The summed E-state index contributed by atoms with van der Waals surface area (Å²) in [6, 6.07) is 4.33. The molecule has 6 nitrogen and oxygen atoms in total. The number of aromatic nitrogens is 2. The maximum atomic E-state index is 10.7. The number of hydrogen-bond acceptors (Lipinski definition) is 4. The summed E-state index contributed by atoms with van der Waals surface area (Å²) in [7, 11) is 0. The Kier molecular flexibility index (Phi) is 4.57. The molecular formula is C13H15ClN4O2. The number of halogens is 1. The van der Waals surface area contributed by atoms with Gasteiger partial charge in [0.15, 0.2) is 0 Å². The number of nitrogens with one attached hydrogen (secondary N) is 1. The average molecular weight is 295 g/mol. The molecule has 1 N–H and O–H groups in total. The molecular weight excluding hydrogens is 280 g/mol. The molecule has 2 rings (SSSR count). The normalized spacial score (nSPS) is 10.5. The molecule has 0 fully saturated rings. The topological polar surface area (TPSA) is 73.0 Å². The van der Waals surface area contributed by atoms with E-state index in [1.165, 1.54) is 18.2 Å². The quantitative estimate of drug-likeness (QED) is 0.654. The molecule has 1 heterocycles. The van der Waals surface area contributed by atoms with Gasteiger partial charge in [-0.2, -0.15) is 5.10 Å². The average Bonchev–Trinajstić information content (AvgIpc) is 2.86. The summed E-state index contributed by atoms with van der Waals surface area (Å²) in [4.78, 5) is 10.3. The Hall–Kier alpha value is -2.08. The Morgan fingerprint density at radius 1 is 1.50 bits per heavy atom. The van der Waals surface area contributed by atoms with Crippen LogP contribution in [0.4, 0.5) is 11.4 Å². The van der Waals surface area contributed by atoms with Gasteiger partial charge in [0, 0.05) is 37.0 Å². The molecule has 0 amide bonds. The smallest absolute Gasteiger partial charge is 0.271 e. The number of benzene rings is 1. The van der Waals surface area contributed by atoms with Crippen LogP contribution in [-0.2, 0) is 13.1 Å². The summed E-state index contributed by atoms with van der Waals surface area (Å²) in [5, 5.41) is 18.5. The Morgan fingerprint density at radius 3 is 3.00 bits per heavy atom. The number of hydrogen-bond donors (Lipinski definition) is 1. The van der Waals surface area contributed by atoms with Gasteiger partial charge in [-0.05, 0) is 12.5 Å². The molecule has 0 aliphatic carbocycles. The van der Waals surface area contributed by atoms with Gasteiger partial charge in [0.25, 0.3) is 5.69 Å². The molecule has 20 heavy (non-hydrogen) atoms. The van der Waals surface area contributed by atoms with E-state index < -0.39 is 4.92 Å². The zero-order valence-electron chi connectivity index (χ0n) is 11.0. The Labute approximate surface area is 121 Å². The minimum atomic E-state index is -0.444. The summed E-state index contributed by atoms with van der Waals surface area (Å²) in [5.74, 6) is 0. The maximum Gasteiger partial charge on any atom is 0.271 e. The van der Waals surface area contributed by atoms with Crippen molar-refractivity contribution in [1.82, 2.24) is 9.78 Å². The Morgan fingerprint density at radius 2 is 2.30 bits per heavy atom.